The summed E-state index contributed by atoms with van der Waals surface area (Å²) >= 11 is 5.49. The zero-order chi connectivity index (χ0) is 15.9. The molecule has 0 spiro atoms. The molecule has 6 heteroatoms. The second-order valence-corrected chi connectivity index (χ2v) is 5.79. The summed E-state index contributed by atoms with van der Waals surface area (Å²) in [7, 11) is 0. The first-order valence-electron chi connectivity index (χ1n) is 7.45. The molecule has 120 valence electrons. The molecule has 0 saturated carbocycles. The molecule has 1 aromatic carbocycles. The molecule has 0 aromatic heterocycles. The monoisotopic (exact) mass is 324 g/mol. The van der Waals surface area contributed by atoms with Crippen LogP contribution < -0.4 is 5.32 Å². The largest absolute Gasteiger partial charge is 0.448 e. The minimum absolute atomic E-state index is 0.0631. The maximum Gasteiger partial charge on any atom is 0.409 e. The molecular weight excluding hydrogens is 304 g/mol. The van der Waals surface area contributed by atoms with Crippen LogP contribution in [0.5, 0.6) is 0 Å². The van der Waals surface area contributed by atoms with Crippen molar-refractivity contribution in [2.75, 3.05) is 25.6 Å². The van der Waals surface area contributed by atoms with Crippen LogP contribution in [0.25, 0.3) is 0 Å². The number of benzene rings is 1. The van der Waals surface area contributed by atoms with Gasteiger partial charge in [0.2, 0.25) is 0 Å². The molecule has 1 aromatic rings. The molecule has 1 aliphatic rings. The molecule has 2 amide bonds. The summed E-state index contributed by atoms with van der Waals surface area (Å²) in [4.78, 5) is 25.5. The van der Waals surface area contributed by atoms with Gasteiger partial charge in [0.15, 0.2) is 0 Å². The summed E-state index contributed by atoms with van der Waals surface area (Å²) in [6.07, 6.45) is 1.13. The summed E-state index contributed by atoms with van der Waals surface area (Å²) in [5.74, 6) is 0.237. The van der Waals surface area contributed by atoms with Gasteiger partial charge in [0.25, 0.3) is 5.91 Å². The first-order chi connectivity index (χ1) is 10.6. The van der Waals surface area contributed by atoms with E-state index in [1.807, 2.05) is 25.1 Å². The molecule has 0 bridgehead atoms. The fourth-order valence-corrected chi connectivity index (χ4v) is 2.56. The molecule has 5 nitrogen and oxygen atoms in total. The van der Waals surface area contributed by atoms with Crippen LogP contribution in [-0.2, 0) is 4.74 Å². The van der Waals surface area contributed by atoms with E-state index in [1.54, 1.807) is 11.0 Å². The van der Waals surface area contributed by atoms with Gasteiger partial charge in [0.05, 0.1) is 5.88 Å². The highest BCUT2D eigenvalue weighted by Crippen LogP contribution is 2.13. The molecular formula is C16H21ClN2O3. The third-order valence-corrected chi connectivity index (χ3v) is 3.83. The maximum atomic E-state index is 12.2. The van der Waals surface area contributed by atoms with Crippen LogP contribution >= 0.6 is 11.6 Å². The Hall–Kier alpha value is -1.75. The number of rotatable bonds is 4. The average molecular weight is 325 g/mol. The predicted molar refractivity (Wildman–Crippen MR) is 85.3 cm³/mol. The topological polar surface area (TPSA) is 58.6 Å². The number of piperidine rings is 1. The van der Waals surface area contributed by atoms with Gasteiger partial charge in [-0.05, 0) is 31.9 Å². The fourth-order valence-electron chi connectivity index (χ4n) is 2.48. The van der Waals surface area contributed by atoms with Crippen LogP contribution in [0.4, 0.5) is 4.79 Å². The van der Waals surface area contributed by atoms with E-state index in [9.17, 15) is 9.59 Å². The Morgan fingerprint density at radius 1 is 1.36 bits per heavy atom. The first-order valence-corrected chi connectivity index (χ1v) is 7.99. The van der Waals surface area contributed by atoms with Crippen LogP contribution in [0.3, 0.4) is 0 Å². The fraction of sp³-hybridized carbons (Fsp3) is 0.500. The lowest BCUT2D eigenvalue weighted by Gasteiger charge is -2.31. The normalized spacial score (nSPS) is 15.5. The van der Waals surface area contributed by atoms with Gasteiger partial charge in [0, 0.05) is 24.7 Å². The van der Waals surface area contributed by atoms with Crippen LogP contribution in [-0.4, -0.2) is 48.5 Å². The second kappa shape index (κ2) is 8.03. The quantitative estimate of drug-likeness (QED) is 0.866. The van der Waals surface area contributed by atoms with E-state index >= 15 is 0 Å². The van der Waals surface area contributed by atoms with Gasteiger partial charge in [-0.1, -0.05) is 17.7 Å². The third kappa shape index (κ3) is 4.63. The summed E-state index contributed by atoms with van der Waals surface area (Å²) in [6, 6.07) is 7.60. The lowest BCUT2D eigenvalue weighted by molar-refractivity contribution is 0.0862. The standard InChI is InChI=1S/C16H21ClN2O3/c1-12-3-2-4-13(11-12)15(20)18-14-5-8-19(9-6-14)16(21)22-10-7-17/h2-4,11,14H,5-10H2,1H3,(H,18,20). The van der Waals surface area contributed by atoms with Crippen molar-refractivity contribution in [1.82, 2.24) is 10.2 Å². The number of nitrogens with zero attached hydrogens (tertiary/aromatic N) is 1. The Labute approximate surface area is 135 Å². The molecule has 0 aliphatic carbocycles. The van der Waals surface area contributed by atoms with Gasteiger partial charge in [-0.25, -0.2) is 4.79 Å². The number of nitrogens with one attached hydrogen (secondary N) is 1. The van der Waals surface area contributed by atoms with E-state index in [-0.39, 0.29) is 24.6 Å². The van der Waals surface area contributed by atoms with Crippen molar-refractivity contribution in [3.05, 3.63) is 35.4 Å². The van der Waals surface area contributed by atoms with Gasteiger partial charge < -0.3 is 15.0 Å². The van der Waals surface area contributed by atoms with Crippen molar-refractivity contribution in [2.45, 2.75) is 25.8 Å². The number of carbonyl (C=O) groups excluding carboxylic acids is 2. The predicted octanol–water partition coefficient (Wildman–Crippen LogP) is 2.56. The molecule has 22 heavy (non-hydrogen) atoms. The highest BCUT2D eigenvalue weighted by Gasteiger charge is 2.24. The van der Waals surface area contributed by atoms with E-state index in [2.05, 4.69) is 5.32 Å². The van der Waals surface area contributed by atoms with Crippen molar-refractivity contribution in [3.8, 4) is 0 Å². The number of likely N-dealkylation sites (tertiary alicyclic amines) is 1. The number of amides is 2. The van der Waals surface area contributed by atoms with Crippen molar-refractivity contribution in [3.63, 3.8) is 0 Å². The zero-order valence-corrected chi connectivity index (χ0v) is 13.4. The van der Waals surface area contributed by atoms with E-state index in [0.717, 1.165) is 18.4 Å². The molecule has 1 saturated heterocycles. The maximum absolute atomic E-state index is 12.2. The second-order valence-electron chi connectivity index (χ2n) is 5.41. The van der Waals surface area contributed by atoms with E-state index in [4.69, 9.17) is 16.3 Å². The molecule has 1 N–H and O–H groups in total. The van der Waals surface area contributed by atoms with Crippen molar-refractivity contribution < 1.29 is 14.3 Å². The number of ether oxygens (including phenoxy) is 1. The SMILES string of the molecule is Cc1cccc(C(=O)NC2CCN(C(=O)OCCCl)CC2)c1. The number of carbonyl (C=O) groups is 2. The Bertz CT molecular complexity index is 528. The number of hydrogen-bond donors (Lipinski definition) is 1. The Morgan fingerprint density at radius 3 is 2.73 bits per heavy atom. The molecule has 0 atom stereocenters. The summed E-state index contributed by atoms with van der Waals surface area (Å²) in [6.45, 7) is 3.35. The average Bonchev–Trinajstić information content (AvgIpc) is 2.53. The Balaban J connectivity index is 1.80. The third-order valence-electron chi connectivity index (χ3n) is 3.67. The number of alkyl halides is 1. The highest BCUT2D eigenvalue weighted by molar-refractivity contribution is 6.18. The molecule has 1 fully saturated rings. The summed E-state index contributed by atoms with van der Waals surface area (Å²) in [5, 5.41) is 3.03. The molecule has 2 rings (SSSR count). The molecule has 1 heterocycles. The van der Waals surface area contributed by atoms with Crippen LogP contribution in [0.2, 0.25) is 0 Å². The summed E-state index contributed by atoms with van der Waals surface area (Å²) in [5.41, 5.74) is 1.73. The van der Waals surface area contributed by atoms with Gasteiger partial charge in [0.1, 0.15) is 6.61 Å². The lowest BCUT2D eigenvalue weighted by atomic mass is 10.0. The minimum atomic E-state index is -0.330. The van der Waals surface area contributed by atoms with Crippen LogP contribution in [0, 0.1) is 6.92 Å². The number of hydrogen-bond acceptors (Lipinski definition) is 3. The van der Waals surface area contributed by atoms with E-state index in [0.29, 0.717) is 24.5 Å². The van der Waals surface area contributed by atoms with Gasteiger partial charge in [-0.3, -0.25) is 4.79 Å². The van der Waals surface area contributed by atoms with Crippen LogP contribution in [0.1, 0.15) is 28.8 Å². The number of halogens is 1. The first kappa shape index (κ1) is 16.6. The van der Waals surface area contributed by atoms with E-state index in [1.165, 1.54) is 0 Å². The highest BCUT2D eigenvalue weighted by atomic mass is 35.5. The van der Waals surface area contributed by atoms with Gasteiger partial charge in [-0.15, -0.1) is 11.6 Å². The zero-order valence-electron chi connectivity index (χ0n) is 12.7. The Morgan fingerprint density at radius 2 is 2.09 bits per heavy atom. The smallest absolute Gasteiger partial charge is 0.409 e. The van der Waals surface area contributed by atoms with Gasteiger partial charge >= 0.3 is 6.09 Å². The van der Waals surface area contributed by atoms with Gasteiger partial charge in [-0.2, -0.15) is 0 Å². The molecule has 0 radical (unpaired) electrons. The van der Waals surface area contributed by atoms with Crippen molar-refractivity contribution >= 4 is 23.6 Å². The summed E-state index contributed by atoms with van der Waals surface area (Å²) < 4.78 is 5.00. The number of aryl methyl sites for hydroxylation is 1. The van der Waals surface area contributed by atoms with Crippen molar-refractivity contribution in [2.24, 2.45) is 0 Å². The van der Waals surface area contributed by atoms with E-state index < -0.39 is 0 Å². The minimum Gasteiger partial charge on any atom is -0.448 e. The van der Waals surface area contributed by atoms with Crippen molar-refractivity contribution in [1.29, 1.82) is 0 Å². The van der Waals surface area contributed by atoms with Crippen LogP contribution in [0.15, 0.2) is 24.3 Å². The Kier molecular flexibility index (Phi) is 6.07. The molecule has 0 unspecified atom stereocenters. The lowest BCUT2D eigenvalue weighted by Crippen LogP contribution is -2.46. The molecule has 1 aliphatic heterocycles.